The van der Waals surface area contributed by atoms with Crippen LogP contribution in [0.3, 0.4) is 0 Å². The lowest BCUT2D eigenvalue weighted by Crippen LogP contribution is -2.45. The molecule has 0 saturated carbocycles. The number of hydrogen-bond donors (Lipinski definition) is 2. The van der Waals surface area contributed by atoms with Gasteiger partial charge in [-0.15, -0.1) is 0 Å². The smallest absolute Gasteiger partial charge is 0.257 e. The second-order valence-corrected chi connectivity index (χ2v) is 5.41. The molecule has 0 aliphatic carbocycles. The second kappa shape index (κ2) is 6.38. The summed E-state index contributed by atoms with van der Waals surface area (Å²) in [6, 6.07) is 2.15. The van der Waals surface area contributed by atoms with Crippen LogP contribution >= 0.6 is 0 Å². The molecule has 7 nitrogen and oxygen atoms in total. The first kappa shape index (κ1) is 14.2. The highest BCUT2D eigenvalue weighted by Gasteiger charge is 2.32. The Kier molecular flexibility index (Phi) is 4.33. The summed E-state index contributed by atoms with van der Waals surface area (Å²) < 4.78 is 5.38. The first-order chi connectivity index (χ1) is 10.3. The molecule has 2 fully saturated rings. The summed E-state index contributed by atoms with van der Waals surface area (Å²) in [4.78, 5) is 20.9. The van der Waals surface area contributed by atoms with Crippen molar-refractivity contribution in [1.29, 1.82) is 0 Å². The van der Waals surface area contributed by atoms with Crippen LogP contribution in [0.25, 0.3) is 0 Å². The number of rotatable bonds is 3. The van der Waals surface area contributed by atoms with Gasteiger partial charge < -0.3 is 15.1 Å². The summed E-state index contributed by atoms with van der Waals surface area (Å²) in [7, 11) is 0. The molecule has 2 aliphatic heterocycles. The summed E-state index contributed by atoms with van der Waals surface area (Å²) in [5.41, 5.74) is 3.71. The van der Waals surface area contributed by atoms with Gasteiger partial charge in [-0.1, -0.05) is 0 Å². The Morgan fingerprint density at radius 3 is 2.95 bits per heavy atom. The Labute approximate surface area is 124 Å². The zero-order valence-corrected chi connectivity index (χ0v) is 12.0. The highest BCUT2D eigenvalue weighted by atomic mass is 16.5. The molecule has 3 N–H and O–H groups in total. The largest absolute Gasteiger partial charge is 0.379 e. The number of nitrogens with two attached hydrogens (primary N) is 1. The second-order valence-electron chi connectivity index (χ2n) is 5.41. The number of amides is 1. The van der Waals surface area contributed by atoms with Crippen LogP contribution in [0.2, 0.25) is 0 Å². The third-order valence-electron chi connectivity index (χ3n) is 4.22. The van der Waals surface area contributed by atoms with E-state index in [2.05, 4.69) is 15.3 Å². The van der Waals surface area contributed by atoms with Crippen molar-refractivity contribution < 1.29 is 9.53 Å². The number of morpholine rings is 1. The molecule has 7 heteroatoms. The average molecular weight is 291 g/mol. The van der Waals surface area contributed by atoms with Gasteiger partial charge in [-0.3, -0.25) is 20.5 Å². The Balaban J connectivity index is 1.66. The molecular formula is C14H21N5O2. The summed E-state index contributed by atoms with van der Waals surface area (Å²) in [5.74, 6) is 5.45. The summed E-state index contributed by atoms with van der Waals surface area (Å²) in [6.45, 7) is 5.02. The Hall–Kier alpha value is -1.70. The van der Waals surface area contributed by atoms with E-state index < -0.39 is 0 Å². The van der Waals surface area contributed by atoms with E-state index in [4.69, 9.17) is 10.6 Å². The van der Waals surface area contributed by atoms with Crippen molar-refractivity contribution in [2.75, 3.05) is 44.8 Å². The van der Waals surface area contributed by atoms with Crippen LogP contribution in [0.1, 0.15) is 16.8 Å². The molecule has 2 saturated heterocycles. The number of hydrogen-bond acceptors (Lipinski definition) is 6. The Morgan fingerprint density at radius 2 is 2.19 bits per heavy atom. The number of carbonyl (C=O) groups excluding carboxylic acids is 1. The number of likely N-dealkylation sites (tertiary alicyclic amines) is 1. The lowest BCUT2D eigenvalue weighted by molar-refractivity contribution is 0.0185. The minimum atomic E-state index is -0.00758. The fraction of sp³-hybridized carbons (Fsp3) is 0.571. The molecule has 0 aromatic carbocycles. The molecule has 1 aromatic heterocycles. The highest BCUT2D eigenvalue weighted by Crippen LogP contribution is 2.21. The number of carbonyl (C=O) groups is 1. The number of hydrazine groups is 1. The van der Waals surface area contributed by atoms with Crippen molar-refractivity contribution in [3.05, 3.63) is 24.0 Å². The van der Waals surface area contributed by atoms with Crippen LogP contribution in [0.4, 0.5) is 5.69 Å². The van der Waals surface area contributed by atoms with Gasteiger partial charge in [0.2, 0.25) is 0 Å². The number of nitrogens with zero attached hydrogens (tertiary/aromatic N) is 3. The van der Waals surface area contributed by atoms with E-state index in [0.717, 1.165) is 45.8 Å². The molecule has 1 unspecified atom stereocenters. The zero-order chi connectivity index (χ0) is 14.7. The minimum Gasteiger partial charge on any atom is -0.379 e. The van der Waals surface area contributed by atoms with E-state index in [1.54, 1.807) is 18.5 Å². The molecule has 2 aliphatic rings. The van der Waals surface area contributed by atoms with Crippen LogP contribution in [0.15, 0.2) is 18.5 Å². The molecular weight excluding hydrogens is 270 g/mol. The van der Waals surface area contributed by atoms with E-state index in [9.17, 15) is 4.79 Å². The van der Waals surface area contributed by atoms with Crippen molar-refractivity contribution in [2.24, 2.45) is 5.84 Å². The van der Waals surface area contributed by atoms with Crippen LogP contribution in [0, 0.1) is 0 Å². The Bertz CT molecular complexity index is 504. The van der Waals surface area contributed by atoms with Crippen LogP contribution in [-0.2, 0) is 4.74 Å². The van der Waals surface area contributed by atoms with Gasteiger partial charge >= 0.3 is 0 Å². The first-order valence-corrected chi connectivity index (χ1v) is 7.31. The maximum atomic E-state index is 12.6. The van der Waals surface area contributed by atoms with Crippen molar-refractivity contribution in [3.8, 4) is 0 Å². The first-order valence-electron chi connectivity index (χ1n) is 7.31. The molecule has 1 atom stereocenters. The maximum Gasteiger partial charge on any atom is 0.257 e. The van der Waals surface area contributed by atoms with Gasteiger partial charge in [-0.25, -0.2) is 0 Å². The van der Waals surface area contributed by atoms with Gasteiger partial charge in [-0.2, -0.15) is 0 Å². The molecule has 0 radical (unpaired) electrons. The van der Waals surface area contributed by atoms with Crippen molar-refractivity contribution in [3.63, 3.8) is 0 Å². The standard InChI is InChI=1S/C14H21N5O2/c15-17-13-1-3-16-9-12(13)14(20)19-4-2-11(10-19)18-5-7-21-8-6-18/h1,3,9,11H,2,4-8,10,15H2,(H,16,17). The van der Waals surface area contributed by atoms with E-state index in [0.29, 0.717) is 17.3 Å². The van der Waals surface area contributed by atoms with Crippen molar-refractivity contribution >= 4 is 11.6 Å². The molecule has 3 rings (SSSR count). The van der Waals surface area contributed by atoms with Gasteiger partial charge in [0.25, 0.3) is 5.91 Å². The fourth-order valence-electron chi connectivity index (χ4n) is 3.03. The molecule has 3 heterocycles. The lowest BCUT2D eigenvalue weighted by atomic mass is 10.2. The number of anilines is 1. The van der Waals surface area contributed by atoms with E-state index in [1.165, 1.54) is 0 Å². The number of pyridine rings is 1. The van der Waals surface area contributed by atoms with Crippen LogP contribution in [0.5, 0.6) is 0 Å². The van der Waals surface area contributed by atoms with Gasteiger partial charge in [0.1, 0.15) is 0 Å². The highest BCUT2D eigenvalue weighted by molar-refractivity contribution is 5.99. The molecule has 21 heavy (non-hydrogen) atoms. The predicted molar refractivity (Wildman–Crippen MR) is 78.7 cm³/mol. The summed E-state index contributed by atoms with van der Waals surface area (Å²) >= 11 is 0. The number of aromatic nitrogens is 1. The van der Waals surface area contributed by atoms with E-state index in [1.807, 2.05) is 4.90 Å². The number of ether oxygens (including phenoxy) is 1. The van der Waals surface area contributed by atoms with Gasteiger partial charge in [0.05, 0.1) is 24.5 Å². The van der Waals surface area contributed by atoms with Crippen LogP contribution in [-0.4, -0.2) is 66.1 Å². The molecule has 114 valence electrons. The van der Waals surface area contributed by atoms with E-state index in [-0.39, 0.29) is 5.91 Å². The van der Waals surface area contributed by atoms with E-state index >= 15 is 0 Å². The van der Waals surface area contributed by atoms with Gasteiger partial charge in [0, 0.05) is 44.6 Å². The number of nitrogen functional groups attached to an aromatic ring is 1. The van der Waals surface area contributed by atoms with Gasteiger partial charge in [-0.05, 0) is 12.5 Å². The van der Waals surface area contributed by atoms with Crippen molar-refractivity contribution in [1.82, 2.24) is 14.8 Å². The van der Waals surface area contributed by atoms with Crippen molar-refractivity contribution in [2.45, 2.75) is 12.5 Å². The van der Waals surface area contributed by atoms with Gasteiger partial charge in [0.15, 0.2) is 0 Å². The molecule has 1 aromatic rings. The molecule has 0 spiro atoms. The lowest BCUT2D eigenvalue weighted by Gasteiger charge is -2.32. The summed E-state index contributed by atoms with van der Waals surface area (Å²) in [6.07, 6.45) is 4.20. The monoisotopic (exact) mass is 291 g/mol. The quantitative estimate of drug-likeness (QED) is 0.598. The third kappa shape index (κ3) is 2.99. The predicted octanol–water partition coefficient (Wildman–Crippen LogP) is -0.0861. The fourth-order valence-corrected chi connectivity index (χ4v) is 3.03. The summed E-state index contributed by atoms with van der Waals surface area (Å²) in [5, 5.41) is 0. The van der Waals surface area contributed by atoms with Crippen LogP contribution < -0.4 is 11.3 Å². The Morgan fingerprint density at radius 1 is 1.38 bits per heavy atom. The maximum absolute atomic E-state index is 12.6. The zero-order valence-electron chi connectivity index (χ0n) is 12.0. The molecule has 0 bridgehead atoms. The average Bonchev–Trinajstić information content (AvgIpc) is 3.05. The topological polar surface area (TPSA) is 83.7 Å². The minimum absolute atomic E-state index is 0.00758. The number of nitrogens with one attached hydrogen (secondary N) is 1. The third-order valence-corrected chi connectivity index (χ3v) is 4.22. The normalized spacial score (nSPS) is 23.3. The molecule has 1 amide bonds. The SMILES string of the molecule is NNc1ccncc1C(=O)N1CCC(N2CCOCC2)C1.